The van der Waals surface area contributed by atoms with Gasteiger partial charge in [-0.2, -0.15) is 0 Å². The first-order chi connectivity index (χ1) is 9.76. The predicted molar refractivity (Wildman–Crippen MR) is 91.0 cm³/mol. The van der Waals surface area contributed by atoms with E-state index in [2.05, 4.69) is 15.5 Å². The quantitative estimate of drug-likeness (QED) is 0.876. The van der Waals surface area contributed by atoms with Gasteiger partial charge in [0.1, 0.15) is 5.76 Å². The van der Waals surface area contributed by atoms with Crippen molar-refractivity contribution in [1.82, 2.24) is 15.5 Å². The minimum atomic E-state index is -0.161. The Kier molecular flexibility index (Phi) is 7.69. The fourth-order valence-electron chi connectivity index (χ4n) is 3.39. The fourth-order valence-corrected chi connectivity index (χ4v) is 3.39. The Balaban J connectivity index is 0.00000121. The number of piperidine rings is 2. The maximum Gasteiger partial charge on any atom is 0.286 e. The van der Waals surface area contributed by atoms with Crippen LogP contribution >= 0.6 is 24.8 Å². The van der Waals surface area contributed by atoms with E-state index >= 15 is 0 Å². The molecule has 2 fully saturated rings. The lowest BCUT2D eigenvalue weighted by molar-refractivity contribution is 0.0914. The summed E-state index contributed by atoms with van der Waals surface area (Å²) < 4.78 is 5.61. The van der Waals surface area contributed by atoms with Crippen LogP contribution in [-0.2, 0) is 6.54 Å². The molecule has 2 atom stereocenters. The molecule has 1 aromatic heterocycles. The first kappa shape index (κ1) is 19.3. The van der Waals surface area contributed by atoms with E-state index in [-0.39, 0.29) is 30.7 Å². The summed E-state index contributed by atoms with van der Waals surface area (Å²) in [5, 5.41) is 6.21. The molecule has 0 unspecified atom stereocenters. The van der Waals surface area contributed by atoms with Crippen LogP contribution in [0.1, 0.15) is 35.6 Å². The van der Waals surface area contributed by atoms with Gasteiger partial charge in [-0.05, 0) is 43.9 Å². The summed E-state index contributed by atoms with van der Waals surface area (Å²) in [5.74, 6) is 1.89. The molecule has 126 valence electrons. The third-order valence-corrected chi connectivity index (χ3v) is 4.47. The Bertz CT molecular complexity index is 481. The van der Waals surface area contributed by atoms with Crippen molar-refractivity contribution in [3.05, 3.63) is 23.7 Å². The average Bonchev–Trinajstić information content (AvgIpc) is 2.95. The molecule has 0 aliphatic carbocycles. The van der Waals surface area contributed by atoms with Crippen molar-refractivity contribution in [1.29, 1.82) is 0 Å². The molecule has 7 heteroatoms. The van der Waals surface area contributed by atoms with E-state index in [4.69, 9.17) is 4.42 Å². The van der Waals surface area contributed by atoms with E-state index in [1.54, 1.807) is 13.1 Å². The van der Waals surface area contributed by atoms with Crippen LogP contribution in [0.2, 0.25) is 0 Å². The number of furan rings is 1. The van der Waals surface area contributed by atoms with E-state index in [1.807, 2.05) is 6.07 Å². The summed E-state index contributed by atoms with van der Waals surface area (Å²) in [6.07, 6.45) is 3.83. The van der Waals surface area contributed by atoms with Crippen molar-refractivity contribution >= 4 is 30.7 Å². The van der Waals surface area contributed by atoms with Crippen molar-refractivity contribution in [3.8, 4) is 0 Å². The summed E-state index contributed by atoms with van der Waals surface area (Å²) in [6, 6.07) is 4.37. The van der Waals surface area contributed by atoms with Crippen LogP contribution < -0.4 is 10.6 Å². The number of rotatable bonds is 3. The van der Waals surface area contributed by atoms with E-state index in [0.717, 1.165) is 31.3 Å². The number of hydrogen-bond acceptors (Lipinski definition) is 4. The molecular formula is C15H25Cl2N3O2. The Hall–Kier alpha value is -0.750. The zero-order valence-corrected chi connectivity index (χ0v) is 14.5. The minimum absolute atomic E-state index is 0. The fraction of sp³-hybridized carbons (Fsp3) is 0.667. The second kappa shape index (κ2) is 8.77. The molecule has 3 heterocycles. The van der Waals surface area contributed by atoms with Gasteiger partial charge in [0, 0.05) is 26.2 Å². The van der Waals surface area contributed by atoms with Gasteiger partial charge in [0.05, 0.1) is 6.54 Å². The number of amides is 1. The molecule has 0 bridgehead atoms. The monoisotopic (exact) mass is 349 g/mol. The second-order valence-corrected chi connectivity index (χ2v) is 5.83. The van der Waals surface area contributed by atoms with Gasteiger partial charge in [-0.15, -0.1) is 24.8 Å². The highest BCUT2D eigenvalue weighted by Crippen LogP contribution is 2.26. The predicted octanol–water partition coefficient (Wildman–Crippen LogP) is 2.06. The van der Waals surface area contributed by atoms with Gasteiger partial charge >= 0.3 is 0 Å². The number of nitrogens with zero attached hydrogens (tertiary/aromatic N) is 1. The molecule has 2 aliphatic rings. The molecule has 3 rings (SSSR count). The van der Waals surface area contributed by atoms with Crippen molar-refractivity contribution in [2.24, 2.45) is 5.92 Å². The van der Waals surface area contributed by atoms with Crippen LogP contribution in [0.3, 0.4) is 0 Å². The minimum Gasteiger partial charge on any atom is -0.455 e. The van der Waals surface area contributed by atoms with E-state index in [0.29, 0.717) is 11.8 Å². The van der Waals surface area contributed by atoms with Gasteiger partial charge < -0.3 is 15.1 Å². The molecule has 2 saturated heterocycles. The highest BCUT2D eigenvalue weighted by atomic mass is 35.5. The molecule has 0 aromatic carbocycles. The Morgan fingerprint density at radius 1 is 1.41 bits per heavy atom. The molecule has 1 aromatic rings. The summed E-state index contributed by atoms with van der Waals surface area (Å²) in [6.45, 7) is 4.22. The number of halogens is 2. The SMILES string of the molecule is CNC(=O)c1ccc(CN2CC[C@@H]3NCCC[C@@H]3C2)o1.Cl.Cl. The first-order valence-electron chi connectivity index (χ1n) is 7.53. The molecule has 22 heavy (non-hydrogen) atoms. The lowest BCUT2D eigenvalue weighted by Gasteiger charge is -2.41. The number of fused-ring (bicyclic) bond motifs is 1. The smallest absolute Gasteiger partial charge is 0.286 e. The van der Waals surface area contributed by atoms with Gasteiger partial charge in [-0.1, -0.05) is 0 Å². The van der Waals surface area contributed by atoms with Crippen LogP contribution in [0.5, 0.6) is 0 Å². The number of likely N-dealkylation sites (tertiary alicyclic amines) is 1. The van der Waals surface area contributed by atoms with Crippen molar-refractivity contribution in [3.63, 3.8) is 0 Å². The molecule has 5 nitrogen and oxygen atoms in total. The van der Waals surface area contributed by atoms with Gasteiger partial charge in [-0.25, -0.2) is 0 Å². The number of carbonyl (C=O) groups excluding carboxylic acids is 1. The first-order valence-corrected chi connectivity index (χ1v) is 7.53. The third-order valence-electron chi connectivity index (χ3n) is 4.47. The summed E-state index contributed by atoms with van der Waals surface area (Å²) in [7, 11) is 1.62. The number of nitrogens with one attached hydrogen (secondary N) is 2. The number of hydrogen-bond donors (Lipinski definition) is 2. The third kappa shape index (κ3) is 4.38. The maximum absolute atomic E-state index is 11.5. The molecule has 2 N–H and O–H groups in total. The van der Waals surface area contributed by atoms with Crippen molar-refractivity contribution in [2.45, 2.75) is 31.8 Å². The highest BCUT2D eigenvalue weighted by Gasteiger charge is 2.31. The highest BCUT2D eigenvalue weighted by molar-refractivity contribution is 5.91. The summed E-state index contributed by atoms with van der Waals surface area (Å²) in [5.41, 5.74) is 0. The number of carbonyl (C=O) groups is 1. The largest absolute Gasteiger partial charge is 0.455 e. The standard InChI is InChI=1S/C15H23N3O2.2ClH/c1-16-15(19)14-5-4-12(20-14)10-18-8-6-13-11(9-18)3-2-7-17-13;;/h4-5,11,13,17H,2-3,6-10H2,1H3,(H,16,19);2*1H/t11-,13+;;/m1../s1. The molecule has 0 spiro atoms. The van der Waals surface area contributed by atoms with E-state index in [1.165, 1.54) is 25.8 Å². The average molecular weight is 350 g/mol. The molecule has 1 amide bonds. The Morgan fingerprint density at radius 3 is 3.00 bits per heavy atom. The maximum atomic E-state index is 11.5. The van der Waals surface area contributed by atoms with E-state index in [9.17, 15) is 4.79 Å². The van der Waals surface area contributed by atoms with E-state index < -0.39 is 0 Å². The van der Waals surface area contributed by atoms with Crippen LogP contribution in [0.15, 0.2) is 16.5 Å². The Morgan fingerprint density at radius 2 is 2.23 bits per heavy atom. The van der Waals surface area contributed by atoms with Gasteiger partial charge in [-0.3, -0.25) is 9.69 Å². The molecule has 0 saturated carbocycles. The Labute approximate surface area is 144 Å². The summed E-state index contributed by atoms with van der Waals surface area (Å²) in [4.78, 5) is 13.9. The van der Waals surface area contributed by atoms with Crippen molar-refractivity contribution < 1.29 is 9.21 Å². The van der Waals surface area contributed by atoms with Crippen LogP contribution in [-0.4, -0.2) is 43.5 Å². The summed E-state index contributed by atoms with van der Waals surface area (Å²) >= 11 is 0. The molecular weight excluding hydrogens is 325 g/mol. The zero-order valence-electron chi connectivity index (χ0n) is 12.8. The second-order valence-electron chi connectivity index (χ2n) is 5.83. The lowest BCUT2D eigenvalue weighted by Crippen LogP contribution is -2.51. The molecule has 2 aliphatic heterocycles. The lowest BCUT2D eigenvalue weighted by atomic mass is 9.85. The zero-order chi connectivity index (χ0) is 13.9. The van der Waals surface area contributed by atoms with Crippen LogP contribution in [0.4, 0.5) is 0 Å². The van der Waals surface area contributed by atoms with Gasteiger partial charge in [0.25, 0.3) is 5.91 Å². The normalized spacial score (nSPS) is 24.6. The van der Waals surface area contributed by atoms with Gasteiger partial charge in [0.2, 0.25) is 0 Å². The van der Waals surface area contributed by atoms with Crippen LogP contribution in [0.25, 0.3) is 0 Å². The van der Waals surface area contributed by atoms with Crippen molar-refractivity contribution in [2.75, 3.05) is 26.7 Å². The van der Waals surface area contributed by atoms with Gasteiger partial charge in [0.15, 0.2) is 5.76 Å². The topological polar surface area (TPSA) is 57.5 Å². The van der Waals surface area contributed by atoms with Crippen LogP contribution in [0, 0.1) is 5.92 Å². The molecule has 0 radical (unpaired) electrons.